The number of hydrogen-bond acceptors (Lipinski definition) is 3. The third-order valence-corrected chi connectivity index (χ3v) is 3.52. The smallest absolute Gasteiger partial charge is 0.167 e. The van der Waals surface area contributed by atoms with E-state index in [-0.39, 0.29) is 5.25 Å². The number of thioether (sulfide) groups is 1. The maximum atomic E-state index is 8.79. The Morgan fingerprint density at radius 1 is 1.39 bits per heavy atom. The van der Waals surface area contributed by atoms with E-state index in [9.17, 15) is 0 Å². The lowest BCUT2D eigenvalue weighted by Gasteiger charge is -1.98. The van der Waals surface area contributed by atoms with E-state index in [1.165, 1.54) is 17.3 Å². The van der Waals surface area contributed by atoms with Crippen molar-refractivity contribution in [2.75, 3.05) is 0 Å². The Hall–Kier alpha value is -1.73. The predicted octanol–water partition coefficient (Wildman–Crippen LogP) is 3.31. The van der Waals surface area contributed by atoms with Gasteiger partial charge in [-0.1, -0.05) is 42.1 Å². The molecule has 0 saturated heterocycles. The minimum atomic E-state index is -0.0832. The lowest BCUT2D eigenvalue weighted by Crippen LogP contribution is -1.92. The van der Waals surface area contributed by atoms with Gasteiger partial charge in [-0.3, -0.25) is 0 Å². The molecule has 1 aromatic carbocycles. The van der Waals surface area contributed by atoms with Gasteiger partial charge in [0.25, 0.3) is 0 Å². The monoisotopic (exact) mass is 257 g/mol. The number of hydrogen-bond donors (Lipinski definition) is 1. The van der Waals surface area contributed by atoms with Crippen LogP contribution in [0.3, 0.4) is 0 Å². The molecule has 0 saturated carbocycles. The van der Waals surface area contributed by atoms with Crippen molar-refractivity contribution in [1.29, 1.82) is 5.26 Å². The molecule has 0 bridgehead atoms. The van der Waals surface area contributed by atoms with E-state index < -0.39 is 0 Å². The van der Waals surface area contributed by atoms with Crippen molar-refractivity contribution in [2.45, 2.75) is 30.7 Å². The van der Waals surface area contributed by atoms with Crippen molar-refractivity contribution >= 4 is 11.8 Å². The van der Waals surface area contributed by atoms with Crippen molar-refractivity contribution in [3.63, 3.8) is 0 Å². The SMILES string of the molecule is Cc1[nH]c(S[C@@H](C)C#N)nc1Cc1ccccc1. The molecule has 0 unspecified atom stereocenters. The van der Waals surface area contributed by atoms with Gasteiger partial charge in [0.05, 0.1) is 17.0 Å². The van der Waals surface area contributed by atoms with Crippen LogP contribution in [-0.2, 0) is 6.42 Å². The molecule has 1 heterocycles. The summed E-state index contributed by atoms with van der Waals surface area (Å²) in [7, 11) is 0. The molecule has 4 heteroatoms. The molecule has 3 nitrogen and oxygen atoms in total. The Morgan fingerprint density at radius 2 is 2.11 bits per heavy atom. The first-order valence-electron chi connectivity index (χ1n) is 5.84. The quantitative estimate of drug-likeness (QED) is 0.855. The average Bonchev–Trinajstić information content (AvgIpc) is 2.71. The van der Waals surface area contributed by atoms with Gasteiger partial charge in [0.2, 0.25) is 0 Å². The number of nitrogens with zero attached hydrogens (tertiary/aromatic N) is 2. The highest BCUT2D eigenvalue weighted by molar-refractivity contribution is 8.00. The van der Waals surface area contributed by atoms with Crippen LogP contribution in [0, 0.1) is 18.3 Å². The van der Waals surface area contributed by atoms with Crippen molar-refractivity contribution in [1.82, 2.24) is 9.97 Å². The van der Waals surface area contributed by atoms with E-state index in [4.69, 9.17) is 5.26 Å². The normalized spacial score (nSPS) is 12.1. The lowest BCUT2D eigenvalue weighted by molar-refractivity contribution is 1.01. The number of H-pyrrole nitrogens is 1. The number of rotatable bonds is 4. The Balaban J connectivity index is 2.13. The van der Waals surface area contributed by atoms with Crippen LogP contribution in [0.25, 0.3) is 0 Å². The number of nitriles is 1. The molecule has 1 aromatic heterocycles. The summed E-state index contributed by atoms with van der Waals surface area (Å²) in [6, 6.07) is 12.5. The van der Waals surface area contributed by atoms with Crippen molar-refractivity contribution in [3.8, 4) is 6.07 Å². The first-order valence-corrected chi connectivity index (χ1v) is 6.72. The summed E-state index contributed by atoms with van der Waals surface area (Å²) in [5, 5.41) is 9.54. The van der Waals surface area contributed by atoms with Crippen LogP contribution in [0.4, 0.5) is 0 Å². The summed E-state index contributed by atoms with van der Waals surface area (Å²) in [5.41, 5.74) is 3.37. The Bertz CT molecular complexity index is 554. The Labute approximate surface area is 111 Å². The molecule has 0 radical (unpaired) electrons. The zero-order valence-corrected chi connectivity index (χ0v) is 11.3. The van der Waals surface area contributed by atoms with Crippen molar-refractivity contribution in [2.24, 2.45) is 0 Å². The molecular weight excluding hydrogens is 242 g/mol. The number of nitrogens with one attached hydrogen (secondary N) is 1. The number of benzene rings is 1. The van der Waals surface area contributed by atoms with E-state index in [0.29, 0.717) is 0 Å². The largest absolute Gasteiger partial charge is 0.337 e. The number of imidazole rings is 1. The molecule has 2 rings (SSSR count). The van der Waals surface area contributed by atoms with Crippen LogP contribution < -0.4 is 0 Å². The van der Waals surface area contributed by atoms with Gasteiger partial charge in [0.15, 0.2) is 5.16 Å². The third-order valence-electron chi connectivity index (χ3n) is 2.65. The molecule has 0 aliphatic rings. The molecule has 0 spiro atoms. The second-order valence-electron chi connectivity index (χ2n) is 4.17. The summed E-state index contributed by atoms with van der Waals surface area (Å²) in [6.45, 7) is 3.89. The Morgan fingerprint density at radius 3 is 2.78 bits per heavy atom. The number of aromatic amines is 1. The fourth-order valence-corrected chi connectivity index (χ4v) is 2.44. The van der Waals surface area contributed by atoms with Crippen LogP contribution >= 0.6 is 11.8 Å². The van der Waals surface area contributed by atoms with Gasteiger partial charge >= 0.3 is 0 Å². The maximum Gasteiger partial charge on any atom is 0.167 e. The summed E-state index contributed by atoms with van der Waals surface area (Å²) in [5.74, 6) is 0. The number of aryl methyl sites for hydroxylation is 1. The van der Waals surface area contributed by atoms with Crippen molar-refractivity contribution in [3.05, 3.63) is 47.3 Å². The van der Waals surface area contributed by atoms with Crippen molar-refractivity contribution < 1.29 is 0 Å². The van der Waals surface area contributed by atoms with E-state index in [2.05, 4.69) is 28.2 Å². The van der Waals surface area contributed by atoms with E-state index in [0.717, 1.165) is 23.0 Å². The first-order chi connectivity index (χ1) is 8.69. The Kier molecular flexibility index (Phi) is 4.06. The van der Waals surface area contributed by atoms with Gasteiger partial charge in [0, 0.05) is 12.1 Å². The summed E-state index contributed by atoms with van der Waals surface area (Å²) in [4.78, 5) is 7.78. The molecule has 1 atom stereocenters. The highest BCUT2D eigenvalue weighted by atomic mass is 32.2. The van der Waals surface area contributed by atoms with Crippen LogP contribution in [0.5, 0.6) is 0 Å². The van der Waals surface area contributed by atoms with E-state index in [1.54, 1.807) is 0 Å². The van der Waals surface area contributed by atoms with Gasteiger partial charge in [-0.2, -0.15) is 5.26 Å². The molecule has 2 aromatic rings. The fraction of sp³-hybridized carbons (Fsp3) is 0.286. The zero-order chi connectivity index (χ0) is 13.0. The molecule has 0 aliphatic heterocycles. The summed E-state index contributed by atoms with van der Waals surface area (Å²) in [6.07, 6.45) is 0.824. The minimum Gasteiger partial charge on any atom is -0.337 e. The lowest BCUT2D eigenvalue weighted by atomic mass is 10.1. The zero-order valence-electron chi connectivity index (χ0n) is 10.5. The maximum absolute atomic E-state index is 8.79. The van der Waals surface area contributed by atoms with Gasteiger partial charge in [-0.05, 0) is 19.4 Å². The standard InChI is InChI=1S/C14H15N3S/c1-10(9-15)18-14-16-11(2)13(17-14)8-12-6-4-3-5-7-12/h3-7,10H,8H2,1-2H3,(H,16,17)/t10-/m0/s1. The molecule has 1 N–H and O–H groups in total. The predicted molar refractivity (Wildman–Crippen MR) is 73.5 cm³/mol. The van der Waals surface area contributed by atoms with Gasteiger partial charge in [-0.25, -0.2) is 4.98 Å². The minimum absolute atomic E-state index is 0.0832. The van der Waals surface area contributed by atoms with Crippen LogP contribution in [0.2, 0.25) is 0 Å². The average molecular weight is 257 g/mol. The van der Waals surface area contributed by atoms with E-state index in [1.807, 2.05) is 32.0 Å². The molecule has 0 fully saturated rings. The highest BCUT2D eigenvalue weighted by Crippen LogP contribution is 2.22. The highest BCUT2D eigenvalue weighted by Gasteiger charge is 2.10. The first kappa shape index (κ1) is 12.7. The van der Waals surface area contributed by atoms with Gasteiger partial charge in [-0.15, -0.1) is 0 Å². The van der Waals surface area contributed by atoms with E-state index >= 15 is 0 Å². The molecule has 0 amide bonds. The fourth-order valence-electron chi connectivity index (χ4n) is 1.68. The van der Waals surface area contributed by atoms with Crippen LogP contribution in [0.1, 0.15) is 23.9 Å². The van der Waals surface area contributed by atoms with Gasteiger partial charge < -0.3 is 4.98 Å². The van der Waals surface area contributed by atoms with Gasteiger partial charge in [0.1, 0.15) is 0 Å². The second kappa shape index (κ2) is 5.74. The molecular formula is C14H15N3S. The molecule has 0 aliphatic carbocycles. The number of aromatic nitrogens is 2. The van der Waals surface area contributed by atoms with Crippen LogP contribution in [0.15, 0.2) is 35.5 Å². The topological polar surface area (TPSA) is 52.5 Å². The molecule has 92 valence electrons. The summed E-state index contributed by atoms with van der Waals surface area (Å²) < 4.78 is 0. The van der Waals surface area contributed by atoms with Crippen LogP contribution in [-0.4, -0.2) is 15.2 Å². The third kappa shape index (κ3) is 3.14. The second-order valence-corrected chi connectivity index (χ2v) is 5.49. The summed E-state index contributed by atoms with van der Waals surface area (Å²) >= 11 is 1.46. The molecule has 18 heavy (non-hydrogen) atoms.